The first-order valence-corrected chi connectivity index (χ1v) is 3.60. The Hall–Kier alpha value is 0.350. The van der Waals surface area contributed by atoms with Gasteiger partial charge in [0.05, 0.1) is 0 Å². The van der Waals surface area contributed by atoms with E-state index in [0.717, 1.165) is 0 Å². The summed E-state index contributed by atoms with van der Waals surface area (Å²) in [5.74, 6) is 0. The van der Waals surface area contributed by atoms with Crippen LogP contribution in [-0.4, -0.2) is 5.25 Å². The molecule has 1 aliphatic rings. The lowest BCUT2D eigenvalue weighted by Gasteiger charge is -2.03. The number of hydrogen-bond donors (Lipinski definition) is 1. The predicted molar refractivity (Wildman–Crippen MR) is 40.3 cm³/mol. The van der Waals surface area contributed by atoms with Gasteiger partial charge in [0.15, 0.2) is 0 Å². The zero-order chi connectivity index (χ0) is 6.58. The molecule has 0 aromatic rings. The Bertz CT molecular complexity index is 99.6. The van der Waals surface area contributed by atoms with Gasteiger partial charge in [-0.15, -0.1) is 0 Å². The highest BCUT2D eigenvalue weighted by Gasteiger charge is 2.62. The zero-order valence-corrected chi connectivity index (χ0v) is 6.92. The molecule has 1 saturated carbocycles. The van der Waals surface area contributed by atoms with Gasteiger partial charge < -0.3 is 0 Å². The zero-order valence-electron chi connectivity index (χ0n) is 6.02. The molecular weight excluding hydrogens is 116 g/mol. The van der Waals surface area contributed by atoms with Crippen molar-refractivity contribution in [3.05, 3.63) is 0 Å². The highest BCUT2D eigenvalue weighted by Crippen LogP contribution is 2.65. The van der Waals surface area contributed by atoms with Crippen LogP contribution in [0.1, 0.15) is 27.7 Å². The molecule has 0 saturated heterocycles. The van der Waals surface area contributed by atoms with Gasteiger partial charge in [0.1, 0.15) is 0 Å². The minimum atomic E-state index is 0.468. The SMILES string of the molecule is CC1(C)C(S)C1(C)C. The molecule has 0 amide bonds. The summed E-state index contributed by atoms with van der Waals surface area (Å²) in [5, 5.41) is 0.606. The molecule has 48 valence electrons. The first kappa shape index (κ1) is 6.47. The summed E-state index contributed by atoms with van der Waals surface area (Å²) < 4.78 is 0. The van der Waals surface area contributed by atoms with Crippen LogP contribution in [0, 0.1) is 10.8 Å². The van der Waals surface area contributed by atoms with Gasteiger partial charge >= 0.3 is 0 Å². The highest BCUT2D eigenvalue weighted by atomic mass is 32.1. The fraction of sp³-hybridized carbons (Fsp3) is 1.00. The van der Waals surface area contributed by atoms with Crippen molar-refractivity contribution in [2.75, 3.05) is 0 Å². The first-order valence-electron chi connectivity index (χ1n) is 3.09. The van der Waals surface area contributed by atoms with Gasteiger partial charge in [0.2, 0.25) is 0 Å². The monoisotopic (exact) mass is 130 g/mol. The number of hydrogen-bond acceptors (Lipinski definition) is 1. The van der Waals surface area contributed by atoms with Crippen LogP contribution >= 0.6 is 12.6 Å². The molecule has 1 fully saturated rings. The maximum absolute atomic E-state index is 4.44. The third kappa shape index (κ3) is 0.485. The molecule has 0 aliphatic heterocycles. The van der Waals surface area contributed by atoms with Gasteiger partial charge in [0.25, 0.3) is 0 Å². The van der Waals surface area contributed by atoms with Gasteiger partial charge in [0, 0.05) is 5.25 Å². The number of thiol groups is 1. The van der Waals surface area contributed by atoms with E-state index in [9.17, 15) is 0 Å². The molecule has 1 rings (SSSR count). The van der Waals surface area contributed by atoms with Crippen molar-refractivity contribution in [1.82, 2.24) is 0 Å². The Labute approximate surface area is 57.1 Å². The van der Waals surface area contributed by atoms with Crippen molar-refractivity contribution in [3.8, 4) is 0 Å². The second-order valence-electron chi connectivity index (χ2n) is 3.85. The molecule has 1 aliphatic carbocycles. The van der Waals surface area contributed by atoms with Crippen molar-refractivity contribution in [2.45, 2.75) is 32.9 Å². The van der Waals surface area contributed by atoms with Crippen LogP contribution in [-0.2, 0) is 0 Å². The van der Waals surface area contributed by atoms with Crippen LogP contribution in [0.2, 0.25) is 0 Å². The van der Waals surface area contributed by atoms with Gasteiger partial charge in [-0.2, -0.15) is 12.6 Å². The average molecular weight is 130 g/mol. The Morgan fingerprint density at radius 1 is 1.00 bits per heavy atom. The van der Waals surface area contributed by atoms with E-state index in [0.29, 0.717) is 16.1 Å². The summed E-state index contributed by atoms with van der Waals surface area (Å²) in [6.07, 6.45) is 0. The van der Waals surface area contributed by atoms with Gasteiger partial charge in [-0.3, -0.25) is 0 Å². The third-order valence-electron chi connectivity index (χ3n) is 2.94. The predicted octanol–water partition coefficient (Wildman–Crippen LogP) is 2.35. The topological polar surface area (TPSA) is 0 Å². The van der Waals surface area contributed by atoms with Crippen LogP contribution in [0.15, 0.2) is 0 Å². The maximum Gasteiger partial charge on any atom is 0.0130 e. The quantitative estimate of drug-likeness (QED) is 0.478. The lowest BCUT2D eigenvalue weighted by molar-refractivity contribution is 0.457. The average Bonchev–Trinajstić information content (AvgIpc) is 1.88. The van der Waals surface area contributed by atoms with Gasteiger partial charge in [-0.1, -0.05) is 27.7 Å². The van der Waals surface area contributed by atoms with Crippen molar-refractivity contribution < 1.29 is 0 Å². The maximum atomic E-state index is 4.44. The highest BCUT2D eigenvalue weighted by molar-refractivity contribution is 7.81. The minimum absolute atomic E-state index is 0.468. The molecule has 0 nitrogen and oxygen atoms in total. The van der Waals surface area contributed by atoms with Crippen molar-refractivity contribution in [1.29, 1.82) is 0 Å². The molecule has 0 N–H and O–H groups in total. The normalized spacial score (nSPS) is 32.6. The third-order valence-corrected chi connectivity index (χ3v) is 4.24. The second kappa shape index (κ2) is 1.26. The molecule has 0 atom stereocenters. The minimum Gasteiger partial charge on any atom is -0.175 e. The molecule has 0 aromatic carbocycles. The van der Waals surface area contributed by atoms with E-state index in [1.807, 2.05) is 0 Å². The van der Waals surface area contributed by atoms with E-state index < -0.39 is 0 Å². The van der Waals surface area contributed by atoms with Crippen molar-refractivity contribution >= 4 is 12.6 Å². The molecule has 0 spiro atoms. The lowest BCUT2D eigenvalue weighted by atomic mass is 10.0. The summed E-state index contributed by atoms with van der Waals surface area (Å²) in [4.78, 5) is 0. The van der Waals surface area contributed by atoms with E-state index >= 15 is 0 Å². The molecular formula is C7H14S. The summed E-state index contributed by atoms with van der Waals surface area (Å²) in [6.45, 7) is 9.07. The van der Waals surface area contributed by atoms with Gasteiger partial charge in [-0.25, -0.2) is 0 Å². The Kier molecular flexibility index (Phi) is 1.02. The molecule has 0 radical (unpaired) electrons. The van der Waals surface area contributed by atoms with Crippen molar-refractivity contribution in [2.24, 2.45) is 10.8 Å². The van der Waals surface area contributed by atoms with Crippen molar-refractivity contribution in [3.63, 3.8) is 0 Å². The largest absolute Gasteiger partial charge is 0.175 e. The molecule has 0 unspecified atom stereocenters. The lowest BCUT2D eigenvalue weighted by Crippen LogP contribution is -1.95. The van der Waals surface area contributed by atoms with E-state index in [1.165, 1.54) is 0 Å². The molecule has 0 heterocycles. The summed E-state index contributed by atoms with van der Waals surface area (Å²) in [5.41, 5.74) is 0.937. The van der Waals surface area contributed by atoms with Crippen LogP contribution < -0.4 is 0 Å². The van der Waals surface area contributed by atoms with Crippen LogP contribution in [0.5, 0.6) is 0 Å². The first-order chi connectivity index (χ1) is 3.40. The molecule has 8 heavy (non-hydrogen) atoms. The van der Waals surface area contributed by atoms with Crippen LogP contribution in [0.3, 0.4) is 0 Å². The number of rotatable bonds is 0. The Balaban J connectivity index is 2.72. The van der Waals surface area contributed by atoms with Crippen LogP contribution in [0.4, 0.5) is 0 Å². The fourth-order valence-corrected chi connectivity index (χ4v) is 1.75. The van der Waals surface area contributed by atoms with E-state index in [2.05, 4.69) is 40.3 Å². The molecule has 0 bridgehead atoms. The summed E-state index contributed by atoms with van der Waals surface area (Å²) in [7, 11) is 0. The second-order valence-corrected chi connectivity index (χ2v) is 4.36. The molecule has 0 aromatic heterocycles. The summed E-state index contributed by atoms with van der Waals surface area (Å²) in [6, 6.07) is 0. The standard InChI is InChI=1S/C7H14S/c1-6(2)5(8)7(6,3)4/h5,8H,1-4H3. The van der Waals surface area contributed by atoms with E-state index in [-0.39, 0.29) is 0 Å². The Morgan fingerprint density at radius 3 is 1.12 bits per heavy atom. The Morgan fingerprint density at radius 2 is 1.12 bits per heavy atom. The van der Waals surface area contributed by atoms with Gasteiger partial charge in [-0.05, 0) is 10.8 Å². The smallest absolute Gasteiger partial charge is 0.0130 e. The van der Waals surface area contributed by atoms with Crippen LogP contribution in [0.25, 0.3) is 0 Å². The van der Waals surface area contributed by atoms with E-state index in [4.69, 9.17) is 0 Å². The summed E-state index contributed by atoms with van der Waals surface area (Å²) >= 11 is 4.44. The molecule has 1 heteroatoms. The fourth-order valence-electron chi connectivity index (χ4n) is 1.16. The van der Waals surface area contributed by atoms with E-state index in [1.54, 1.807) is 0 Å².